The number of fused-ring (bicyclic) bond motifs is 3. The van der Waals surface area contributed by atoms with Gasteiger partial charge in [-0.1, -0.05) is 48.5 Å². The van der Waals surface area contributed by atoms with Gasteiger partial charge in [-0.05, 0) is 28.7 Å². The molecular weight excluding hydrogens is 442 g/mol. The van der Waals surface area contributed by atoms with Crippen LogP contribution in [0.1, 0.15) is 35.1 Å². The number of aromatic amines is 1. The Hall–Kier alpha value is -4.02. The molecule has 0 spiro atoms. The average molecular weight is 465 g/mol. The molecule has 0 aliphatic heterocycles. The number of hydrogen-bond donors (Lipinski definition) is 4. The van der Waals surface area contributed by atoms with Gasteiger partial charge in [-0.15, -0.1) is 0 Å². The van der Waals surface area contributed by atoms with Crippen LogP contribution < -0.4 is 10.9 Å². The molecule has 0 fully saturated rings. The number of ether oxygens (including phenoxy) is 1. The highest BCUT2D eigenvalue weighted by Crippen LogP contribution is 2.44. The lowest BCUT2D eigenvalue weighted by molar-refractivity contribution is -0.385. The Morgan fingerprint density at radius 1 is 1.12 bits per heavy atom. The van der Waals surface area contributed by atoms with Crippen LogP contribution in [0.15, 0.2) is 65.6 Å². The number of amides is 1. The third-order valence-electron chi connectivity index (χ3n) is 5.86. The summed E-state index contributed by atoms with van der Waals surface area (Å²) in [7, 11) is 0. The van der Waals surface area contributed by atoms with Gasteiger partial charge in [0.15, 0.2) is 0 Å². The summed E-state index contributed by atoms with van der Waals surface area (Å²) in [6.45, 7) is 0.0931. The van der Waals surface area contributed by atoms with E-state index in [4.69, 9.17) is 4.74 Å². The first-order valence-corrected chi connectivity index (χ1v) is 10.7. The van der Waals surface area contributed by atoms with Crippen molar-refractivity contribution in [1.82, 2.24) is 10.3 Å². The molecule has 176 valence electrons. The normalized spacial score (nSPS) is 14.1. The SMILES string of the molecule is O=C(NCCC(O)C(O)c1cc([N+](=O)[O-])c[nH]c1=O)OCC1c2ccccc2-c2ccccc21. The number of hydrogen-bond acceptors (Lipinski definition) is 7. The molecule has 0 radical (unpaired) electrons. The van der Waals surface area contributed by atoms with Crippen LogP contribution in [-0.4, -0.2) is 45.5 Å². The number of nitrogens with zero attached hydrogens (tertiary/aromatic N) is 1. The van der Waals surface area contributed by atoms with Crippen molar-refractivity contribution in [3.63, 3.8) is 0 Å². The second-order valence-corrected chi connectivity index (χ2v) is 7.95. The zero-order valence-corrected chi connectivity index (χ0v) is 18.0. The molecule has 4 rings (SSSR count). The predicted molar refractivity (Wildman–Crippen MR) is 122 cm³/mol. The molecule has 2 unspecified atom stereocenters. The number of aromatic nitrogens is 1. The smallest absolute Gasteiger partial charge is 0.407 e. The number of carbonyl (C=O) groups excluding carboxylic acids is 1. The summed E-state index contributed by atoms with van der Waals surface area (Å²) in [4.78, 5) is 36.4. The van der Waals surface area contributed by atoms with E-state index < -0.39 is 34.5 Å². The van der Waals surface area contributed by atoms with Crippen LogP contribution >= 0.6 is 0 Å². The first kappa shape index (κ1) is 23.1. The van der Waals surface area contributed by atoms with Crippen LogP contribution in [0.25, 0.3) is 11.1 Å². The van der Waals surface area contributed by atoms with Crippen LogP contribution in [0.2, 0.25) is 0 Å². The van der Waals surface area contributed by atoms with Crippen LogP contribution in [0.3, 0.4) is 0 Å². The molecule has 1 aromatic heterocycles. The Morgan fingerprint density at radius 3 is 2.35 bits per heavy atom. The number of nitrogens with one attached hydrogen (secondary N) is 2. The highest BCUT2D eigenvalue weighted by molar-refractivity contribution is 5.79. The van der Waals surface area contributed by atoms with E-state index in [1.165, 1.54) is 0 Å². The first-order chi connectivity index (χ1) is 16.4. The van der Waals surface area contributed by atoms with Crippen LogP contribution in [0.5, 0.6) is 0 Å². The monoisotopic (exact) mass is 465 g/mol. The highest BCUT2D eigenvalue weighted by Gasteiger charge is 2.29. The number of nitro groups is 1. The van der Waals surface area contributed by atoms with Gasteiger partial charge in [-0.25, -0.2) is 4.79 Å². The fourth-order valence-corrected chi connectivity index (χ4v) is 4.15. The maximum atomic E-state index is 12.2. The largest absolute Gasteiger partial charge is 0.449 e. The van der Waals surface area contributed by atoms with Crippen molar-refractivity contribution >= 4 is 11.8 Å². The zero-order chi connectivity index (χ0) is 24.2. The van der Waals surface area contributed by atoms with Gasteiger partial charge in [0.1, 0.15) is 12.7 Å². The van der Waals surface area contributed by atoms with Crippen molar-refractivity contribution in [3.8, 4) is 11.1 Å². The summed E-state index contributed by atoms with van der Waals surface area (Å²) in [5.41, 5.74) is 2.89. The van der Waals surface area contributed by atoms with E-state index in [1.807, 2.05) is 48.5 Å². The van der Waals surface area contributed by atoms with Gasteiger partial charge >= 0.3 is 6.09 Å². The van der Waals surface area contributed by atoms with E-state index in [0.29, 0.717) is 0 Å². The highest BCUT2D eigenvalue weighted by atomic mass is 16.6. The number of pyridine rings is 1. The second-order valence-electron chi connectivity index (χ2n) is 7.95. The molecule has 1 amide bonds. The molecule has 34 heavy (non-hydrogen) atoms. The fraction of sp³-hybridized carbons (Fsp3) is 0.250. The first-order valence-electron chi connectivity index (χ1n) is 10.7. The summed E-state index contributed by atoms with van der Waals surface area (Å²) in [6, 6.07) is 16.8. The lowest BCUT2D eigenvalue weighted by Crippen LogP contribution is -2.32. The third-order valence-corrected chi connectivity index (χ3v) is 5.86. The molecule has 10 heteroatoms. The Balaban J connectivity index is 1.30. The molecule has 0 saturated carbocycles. The zero-order valence-electron chi connectivity index (χ0n) is 18.0. The summed E-state index contributed by atoms with van der Waals surface area (Å²) < 4.78 is 5.40. The van der Waals surface area contributed by atoms with Gasteiger partial charge in [0.25, 0.3) is 11.2 Å². The number of carbonyl (C=O) groups is 1. The van der Waals surface area contributed by atoms with E-state index in [1.54, 1.807) is 0 Å². The van der Waals surface area contributed by atoms with E-state index in [-0.39, 0.29) is 31.1 Å². The Bertz CT molecular complexity index is 1230. The standard InChI is InChI=1S/C24H23N3O7/c28-21(22(29)19-11-14(27(32)33)12-26-23(19)30)9-10-25-24(31)34-13-20-17-7-3-1-5-15(17)16-6-2-4-8-18(16)20/h1-8,11-12,20-22,28-29H,9-10,13H2,(H,25,31)(H,26,30). The minimum atomic E-state index is -1.66. The van der Waals surface area contributed by atoms with E-state index in [9.17, 15) is 29.9 Å². The Labute approximate surface area is 194 Å². The fourth-order valence-electron chi connectivity index (χ4n) is 4.15. The molecule has 0 saturated heterocycles. The minimum Gasteiger partial charge on any atom is -0.449 e. The van der Waals surface area contributed by atoms with E-state index in [2.05, 4.69) is 10.3 Å². The van der Waals surface area contributed by atoms with Gasteiger partial charge in [0.2, 0.25) is 0 Å². The number of H-pyrrole nitrogens is 1. The van der Waals surface area contributed by atoms with Crippen molar-refractivity contribution in [2.75, 3.05) is 13.2 Å². The number of aliphatic hydroxyl groups excluding tert-OH is 2. The van der Waals surface area contributed by atoms with Crippen LogP contribution in [0, 0.1) is 10.1 Å². The molecular formula is C24H23N3O7. The molecule has 2 aromatic carbocycles. The van der Waals surface area contributed by atoms with E-state index in [0.717, 1.165) is 34.5 Å². The molecule has 3 aromatic rings. The predicted octanol–water partition coefficient (Wildman–Crippen LogP) is 2.61. The molecule has 4 N–H and O–H groups in total. The molecule has 0 bridgehead atoms. The number of benzene rings is 2. The van der Waals surface area contributed by atoms with Crippen LogP contribution in [-0.2, 0) is 4.74 Å². The summed E-state index contributed by atoms with van der Waals surface area (Å²) in [6.07, 6.45) is -2.97. The van der Waals surface area contributed by atoms with Crippen molar-refractivity contribution in [1.29, 1.82) is 0 Å². The summed E-state index contributed by atoms with van der Waals surface area (Å²) >= 11 is 0. The van der Waals surface area contributed by atoms with Crippen molar-refractivity contribution < 1.29 is 24.7 Å². The molecule has 1 aliphatic carbocycles. The quantitative estimate of drug-likeness (QED) is 0.294. The lowest BCUT2D eigenvalue weighted by Gasteiger charge is -2.18. The summed E-state index contributed by atoms with van der Waals surface area (Å²) in [5, 5.41) is 33.8. The maximum absolute atomic E-state index is 12.2. The van der Waals surface area contributed by atoms with Gasteiger partial charge in [-0.3, -0.25) is 14.9 Å². The Morgan fingerprint density at radius 2 is 1.74 bits per heavy atom. The lowest BCUT2D eigenvalue weighted by atomic mass is 9.98. The average Bonchev–Trinajstić information content (AvgIpc) is 3.16. The number of rotatable bonds is 8. The second kappa shape index (κ2) is 9.86. The van der Waals surface area contributed by atoms with Gasteiger partial charge in [-0.2, -0.15) is 0 Å². The summed E-state index contributed by atoms with van der Waals surface area (Å²) in [5.74, 6) is -0.0915. The molecule has 1 aliphatic rings. The third kappa shape index (κ3) is 4.68. The van der Waals surface area contributed by atoms with E-state index >= 15 is 0 Å². The van der Waals surface area contributed by atoms with Crippen molar-refractivity contribution in [2.45, 2.75) is 24.5 Å². The number of aliphatic hydroxyl groups is 2. The van der Waals surface area contributed by atoms with Crippen LogP contribution in [0.4, 0.5) is 10.5 Å². The maximum Gasteiger partial charge on any atom is 0.407 e. The number of alkyl carbamates (subject to hydrolysis) is 1. The van der Waals surface area contributed by atoms with Gasteiger partial charge < -0.3 is 25.3 Å². The van der Waals surface area contributed by atoms with Crippen molar-refractivity contribution in [3.05, 3.63) is 98.0 Å². The molecule has 1 heterocycles. The van der Waals surface area contributed by atoms with Gasteiger partial charge in [0, 0.05) is 18.5 Å². The van der Waals surface area contributed by atoms with Crippen molar-refractivity contribution in [2.24, 2.45) is 0 Å². The topological polar surface area (TPSA) is 155 Å². The van der Waals surface area contributed by atoms with Gasteiger partial charge in [0.05, 0.1) is 22.8 Å². The minimum absolute atomic E-state index is 0.0399. The Kier molecular flexibility index (Phi) is 6.71. The molecule has 10 nitrogen and oxygen atoms in total. The molecule has 2 atom stereocenters.